The minimum atomic E-state index is -0.265. The largest absolute Gasteiger partial charge is 0.496 e. The van der Waals surface area contributed by atoms with Gasteiger partial charge in [0.1, 0.15) is 16.5 Å². The maximum atomic E-state index is 12.5. The topological polar surface area (TPSA) is 64.1 Å². The van der Waals surface area contributed by atoms with Crippen LogP contribution in [-0.2, 0) is 0 Å². The molecule has 4 rings (SSSR count). The van der Waals surface area contributed by atoms with E-state index >= 15 is 0 Å². The Balaban J connectivity index is 1.59. The summed E-state index contributed by atoms with van der Waals surface area (Å²) in [6, 6.07) is 13.6. The van der Waals surface area contributed by atoms with Gasteiger partial charge in [0.2, 0.25) is 0 Å². The number of ether oxygens (including phenoxy) is 1. The first-order valence-corrected chi connectivity index (χ1v) is 9.62. The zero-order valence-corrected chi connectivity index (χ0v) is 15.8. The smallest absolute Gasteiger partial charge is 0.276 e. The molecule has 0 aliphatic heterocycles. The van der Waals surface area contributed by atoms with Crippen LogP contribution in [0.5, 0.6) is 5.75 Å². The Morgan fingerprint density at radius 1 is 1.12 bits per heavy atom. The van der Waals surface area contributed by atoms with Crippen LogP contribution in [0.2, 0.25) is 0 Å². The van der Waals surface area contributed by atoms with Crippen molar-refractivity contribution in [2.75, 3.05) is 12.4 Å². The lowest BCUT2D eigenvalue weighted by Crippen LogP contribution is -2.12. The molecule has 0 unspecified atom stereocenters. The molecule has 0 saturated carbocycles. The van der Waals surface area contributed by atoms with Crippen LogP contribution in [0.1, 0.15) is 16.1 Å². The van der Waals surface area contributed by atoms with Crippen LogP contribution in [0.3, 0.4) is 0 Å². The lowest BCUT2D eigenvalue weighted by atomic mass is 10.2. The van der Waals surface area contributed by atoms with Crippen molar-refractivity contribution in [1.82, 2.24) is 9.97 Å². The standard InChI is InChI=1S/C19H15N3O2S2/c1-11-6-5-9-15-16(11)21-19(26-15)22-17(23)13-10-25-18(20-13)12-7-3-4-8-14(12)24-2/h3-10H,1-2H3,(H,21,22,23). The van der Waals surface area contributed by atoms with Gasteiger partial charge in [-0.05, 0) is 30.7 Å². The molecule has 0 atom stereocenters. The number of fused-ring (bicyclic) bond motifs is 1. The lowest BCUT2D eigenvalue weighted by Gasteiger charge is -2.04. The summed E-state index contributed by atoms with van der Waals surface area (Å²) >= 11 is 2.87. The molecule has 0 spiro atoms. The highest BCUT2D eigenvalue weighted by molar-refractivity contribution is 7.22. The number of thiazole rings is 2. The van der Waals surface area contributed by atoms with Gasteiger partial charge in [-0.2, -0.15) is 0 Å². The second-order valence-corrected chi connectivity index (χ2v) is 7.52. The Kier molecular flexibility index (Phi) is 4.40. The van der Waals surface area contributed by atoms with E-state index in [1.165, 1.54) is 22.7 Å². The van der Waals surface area contributed by atoms with E-state index in [1.807, 2.05) is 49.4 Å². The molecule has 2 aromatic heterocycles. The molecular weight excluding hydrogens is 366 g/mol. The third-order valence-electron chi connectivity index (χ3n) is 3.92. The molecule has 0 fully saturated rings. The van der Waals surface area contributed by atoms with Gasteiger partial charge in [0.05, 0.1) is 22.9 Å². The number of nitrogens with zero attached hydrogens (tertiary/aromatic N) is 2. The molecule has 0 bridgehead atoms. The van der Waals surface area contributed by atoms with Gasteiger partial charge in [0, 0.05) is 5.38 Å². The van der Waals surface area contributed by atoms with E-state index in [2.05, 4.69) is 15.3 Å². The number of aryl methyl sites for hydroxylation is 1. The van der Waals surface area contributed by atoms with Crippen molar-refractivity contribution in [3.8, 4) is 16.3 Å². The van der Waals surface area contributed by atoms with E-state index in [0.29, 0.717) is 10.8 Å². The first-order valence-electron chi connectivity index (χ1n) is 7.92. The highest BCUT2D eigenvalue weighted by Gasteiger charge is 2.16. The lowest BCUT2D eigenvalue weighted by molar-refractivity contribution is 0.102. The highest BCUT2D eigenvalue weighted by atomic mass is 32.1. The molecule has 0 aliphatic rings. The Hall–Kier alpha value is -2.77. The molecule has 7 heteroatoms. The Morgan fingerprint density at radius 3 is 2.77 bits per heavy atom. The molecule has 2 aromatic carbocycles. The number of benzene rings is 2. The fourth-order valence-electron chi connectivity index (χ4n) is 2.62. The van der Waals surface area contributed by atoms with Gasteiger partial charge in [0.25, 0.3) is 5.91 Å². The number of anilines is 1. The van der Waals surface area contributed by atoms with Crippen molar-refractivity contribution >= 4 is 43.9 Å². The monoisotopic (exact) mass is 381 g/mol. The number of aromatic nitrogens is 2. The summed E-state index contributed by atoms with van der Waals surface area (Å²) in [4.78, 5) is 21.5. The van der Waals surface area contributed by atoms with Gasteiger partial charge in [-0.25, -0.2) is 9.97 Å². The second kappa shape index (κ2) is 6.86. The predicted octanol–water partition coefficient (Wildman–Crippen LogP) is 4.99. The van der Waals surface area contributed by atoms with Gasteiger partial charge in [-0.1, -0.05) is 35.6 Å². The van der Waals surface area contributed by atoms with Crippen molar-refractivity contribution in [1.29, 1.82) is 0 Å². The fourth-order valence-corrected chi connectivity index (χ4v) is 4.39. The van der Waals surface area contributed by atoms with Gasteiger partial charge < -0.3 is 4.74 Å². The summed E-state index contributed by atoms with van der Waals surface area (Å²) in [5, 5.41) is 5.91. The first kappa shape index (κ1) is 16.7. The minimum Gasteiger partial charge on any atom is -0.496 e. The maximum absolute atomic E-state index is 12.5. The zero-order chi connectivity index (χ0) is 18.1. The number of hydrogen-bond donors (Lipinski definition) is 1. The van der Waals surface area contributed by atoms with E-state index in [9.17, 15) is 4.79 Å². The third-order valence-corrected chi connectivity index (χ3v) is 5.73. The first-order chi connectivity index (χ1) is 12.7. The Bertz CT molecular complexity index is 1100. The van der Waals surface area contributed by atoms with Gasteiger partial charge >= 0.3 is 0 Å². The third kappa shape index (κ3) is 3.07. The second-order valence-electron chi connectivity index (χ2n) is 5.63. The van der Waals surface area contributed by atoms with Crippen LogP contribution in [0, 0.1) is 6.92 Å². The van der Waals surface area contributed by atoms with E-state index in [-0.39, 0.29) is 5.91 Å². The zero-order valence-electron chi connectivity index (χ0n) is 14.1. The van der Waals surface area contributed by atoms with Crippen LogP contribution in [0.15, 0.2) is 47.8 Å². The summed E-state index contributed by atoms with van der Waals surface area (Å²) in [6.45, 7) is 2.01. The van der Waals surface area contributed by atoms with Crippen molar-refractivity contribution in [2.24, 2.45) is 0 Å². The molecule has 0 saturated heterocycles. The van der Waals surface area contributed by atoms with E-state index in [4.69, 9.17) is 4.74 Å². The summed E-state index contributed by atoms with van der Waals surface area (Å²) in [5.41, 5.74) is 3.24. The van der Waals surface area contributed by atoms with Crippen molar-refractivity contribution in [3.63, 3.8) is 0 Å². The van der Waals surface area contributed by atoms with Crippen molar-refractivity contribution in [3.05, 3.63) is 59.1 Å². The Labute approximate surface area is 158 Å². The SMILES string of the molecule is COc1ccccc1-c1nc(C(=O)Nc2nc3c(C)cccc3s2)cs1. The quantitative estimate of drug-likeness (QED) is 0.541. The number of para-hydroxylation sites is 2. The molecule has 0 aliphatic carbocycles. The average molecular weight is 381 g/mol. The number of methoxy groups -OCH3 is 1. The van der Waals surface area contributed by atoms with Gasteiger partial charge in [-0.3, -0.25) is 10.1 Å². The van der Waals surface area contributed by atoms with E-state index in [1.54, 1.807) is 12.5 Å². The molecule has 1 N–H and O–H groups in total. The van der Waals surface area contributed by atoms with Crippen LogP contribution in [-0.4, -0.2) is 23.0 Å². The van der Waals surface area contributed by atoms with Crippen LogP contribution < -0.4 is 10.1 Å². The summed E-state index contributed by atoms with van der Waals surface area (Å²) in [5.74, 6) is 0.467. The van der Waals surface area contributed by atoms with Crippen LogP contribution in [0.4, 0.5) is 5.13 Å². The molecule has 26 heavy (non-hydrogen) atoms. The van der Waals surface area contributed by atoms with Gasteiger partial charge in [-0.15, -0.1) is 11.3 Å². The number of nitrogens with one attached hydrogen (secondary N) is 1. The summed E-state index contributed by atoms with van der Waals surface area (Å²) in [7, 11) is 1.62. The summed E-state index contributed by atoms with van der Waals surface area (Å²) in [6.07, 6.45) is 0. The molecule has 0 radical (unpaired) electrons. The number of rotatable bonds is 4. The van der Waals surface area contributed by atoms with Crippen molar-refractivity contribution < 1.29 is 9.53 Å². The molecule has 5 nitrogen and oxygen atoms in total. The van der Waals surface area contributed by atoms with Crippen molar-refractivity contribution in [2.45, 2.75) is 6.92 Å². The number of carbonyl (C=O) groups excluding carboxylic acids is 1. The van der Waals surface area contributed by atoms with Gasteiger partial charge in [0.15, 0.2) is 5.13 Å². The van der Waals surface area contributed by atoms with Crippen LogP contribution in [0.25, 0.3) is 20.8 Å². The number of amides is 1. The Morgan fingerprint density at radius 2 is 1.96 bits per heavy atom. The summed E-state index contributed by atoms with van der Waals surface area (Å²) < 4.78 is 6.42. The molecule has 2 heterocycles. The van der Waals surface area contributed by atoms with E-state index in [0.717, 1.165) is 32.1 Å². The molecule has 4 aromatic rings. The highest BCUT2D eigenvalue weighted by Crippen LogP contribution is 2.32. The average Bonchev–Trinajstić information content (AvgIpc) is 3.29. The maximum Gasteiger partial charge on any atom is 0.276 e. The molecule has 130 valence electrons. The fraction of sp³-hybridized carbons (Fsp3) is 0.105. The molecular formula is C19H15N3O2S2. The minimum absolute atomic E-state index is 0.265. The number of hydrogen-bond acceptors (Lipinski definition) is 6. The number of carbonyl (C=O) groups is 1. The van der Waals surface area contributed by atoms with E-state index < -0.39 is 0 Å². The normalized spacial score (nSPS) is 10.8. The van der Waals surface area contributed by atoms with Crippen LogP contribution >= 0.6 is 22.7 Å². The molecule has 1 amide bonds. The predicted molar refractivity (Wildman–Crippen MR) is 106 cm³/mol.